The van der Waals surface area contributed by atoms with Crippen molar-refractivity contribution in [1.29, 1.82) is 0 Å². The summed E-state index contributed by atoms with van der Waals surface area (Å²) < 4.78 is 29.9. The van der Waals surface area contributed by atoms with Crippen LogP contribution in [0.3, 0.4) is 0 Å². The summed E-state index contributed by atoms with van der Waals surface area (Å²) in [5, 5.41) is 66.7. The van der Waals surface area contributed by atoms with Crippen molar-refractivity contribution >= 4 is 17.5 Å². The van der Waals surface area contributed by atoms with Gasteiger partial charge in [0.15, 0.2) is 18.4 Å². The molecule has 2 saturated heterocycles. The third kappa shape index (κ3) is 6.08. The SMILES string of the molecule is CC[C@]1(O)C[C@@H](O[C@H]2C[C@@H](N(C)C)[C@H](O[C@H]3C[C@@H](O)[C@@H](O)[C@@H](C)O3)[C@@H](C)O2)c2c(O)c3c(c(O)c2[C@@H]1C(=O)OC)C(=O)c1cccc(O)c1C3=O. The molecule has 0 unspecified atom stereocenters. The van der Waals surface area contributed by atoms with E-state index in [4.69, 9.17) is 23.7 Å². The Labute approximate surface area is 294 Å². The van der Waals surface area contributed by atoms with Gasteiger partial charge >= 0.3 is 5.97 Å². The molecule has 6 N–H and O–H groups in total. The zero-order valence-corrected chi connectivity index (χ0v) is 29.2. The minimum atomic E-state index is -1.91. The molecular weight excluding hydrogens is 670 g/mol. The van der Waals surface area contributed by atoms with E-state index in [-0.39, 0.29) is 54.0 Å². The van der Waals surface area contributed by atoms with E-state index in [0.29, 0.717) is 0 Å². The number of hydrogen-bond donors (Lipinski definition) is 6. The lowest BCUT2D eigenvalue weighted by Gasteiger charge is -2.48. The van der Waals surface area contributed by atoms with Crippen molar-refractivity contribution in [2.45, 2.75) is 113 Å². The number of aliphatic hydroxyl groups excluding tert-OH is 2. The molecule has 0 bridgehead atoms. The summed E-state index contributed by atoms with van der Waals surface area (Å²) in [4.78, 5) is 42.9. The summed E-state index contributed by atoms with van der Waals surface area (Å²) >= 11 is 0. The molecular formula is C36H45NO14. The normalized spacial score (nSPS) is 34.9. The highest BCUT2D eigenvalue weighted by atomic mass is 16.7. The van der Waals surface area contributed by atoms with Gasteiger partial charge in [-0.2, -0.15) is 0 Å². The van der Waals surface area contributed by atoms with E-state index in [1.165, 1.54) is 18.2 Å². The van der Waals surface area contributed by atoms with E-state index in [9.17, 15) is 45.0 Å². The van der Waals surface area contributed by atoms with Crippen molar-refractivity contribution in [3.8, 4) is 17.2 Å². The molecule has 15 nitrogen and oxygen atoms in total. The highest BCUT2D eigenvalue weighted by Gasteiger charge is 2.55. The van der Waals surface area contributed by atoms with E-state index < -0.39 is 107 Å². The third-order valence-electron chi connectivity index (χ3n) is 10.8. The fraction of sp³-hybridized carbons (Fsp3) is 0.583. The van der Waals surface area contributed by atoms with Gasteiger partial charge < -0.3 is 59.2 Å². The molecule has 2 aliphatic heterocycles. The smallest absolute Gasteiger partial charge is 0.316 e. The summed E-state index contributed by atoms with van der Waals surface area (Å²) in [6, 6.07) is 3.51. The Bertz CT molecular complexity index is 1720. The first-order valence-electron chi connectivity index (χ1n) is 17.0. The summed E-state index contributed by atoms with van der Waals surface area (Å²) in [6.45, 7) is 5.01. The van der Waals surface area contributed by atoms with E-state index in [0.717, 1.165) is 7.11 Å². The topological polar surface area (TPSA) is 222 Å². The Morgan fingerprint density at radius 1 is 0.922 bits per heavy atom. The number of hydrogen-bond acceptors (Lipinski definition) is 15. The van der Waals surface area contributed by atoms with E-state index in [1.807, 2.05) is 19.0 Å². The van der Waals surface area contributed by atoms with E-state index >= 15 is 0 Å². The number of esters is 1. The number of phenolic OH excluding ortho intramolecular Hbond substituents is 3. The van der Waals surface area contributed by atoms with Crippen molar-refractivity contribution in [1.82, 2.24) is 4.90 Å². The minimum absolute atomic E-state index is 0.0363. The van der Waals surface area contributed by atoms with E-state index in [1.54, 1.807) is 20.8 Å². The molecule has 2 aliphatic carbocycles. The van der Waals surface area contributed by atoms with Crippen LogP contribution in [0, 0.1) is 0 Å². The van der Waals surface area contributed by atoms with Gasteiger partial charge in [0.2, 0.25) is 5.78 Å². The van der Waals surface area contributed by atoms with Gasteiger partial charge in [0.05, 0.1) is 53.8 Å². The summed E-state index contributed by atoms with van der Waals surface area (Å²) in [7, 11) is 4.76. The first-order valence-corrected chi connectivity index (χ1v) is 17.0. The Kier molecular flexibility index (Phi) is 9.97. The largest absolute Gasteiger partial charge is 0.507 e. The Balaban J connectivity index is 1.40. The predicted molar refractivity (Wildman–Crippen MR) is 175 cm³/mol. The van der Waals surface area contributed by atoms with Crippen LogP contribution in [0.15, 0.2) is 18.2 Å². The number of nitrogens with zero attached hydrogens (tertiary/aromatic N) is 1. The number of methoxy groups -OCH3 is 1. The highest BCUT2D eigenvalue weighted by molar-refractivity contribution is 6.31. The Hall–Kier alpha value is -3.67. The van der Waals surface area contributed by atoms with Crippen molar-refractivity contribution in [2.75, 3.05) is 21.2 Å². The fourth-order valence-electron chi connectivity index (χ4n) is 8.06. The number of benzene rings is 2. The van der Waals surface area contributed by atoms with Crippen LogP contribution in [-0.4, -0.2) is 129 Å². The number of carbonyl (C=O) groups excluding carboxylic acids is 3. The lowest BCUT2D eigenvalue weighted by molar-refractivity contribution is -0.310. The molecule has 2 heterocycles. The van der Waals surface area contributed by atoms with Gasteiger partial charge in [-0.1, -0.05) is 19.1 Å². The van der Waals surface area contributed by atoms with E-state index in [2.05, 4.69) is 0 Å². The number of aliphatic hydroxyl groups is 3. The van der Waals surface area contributed by atoms with Gasteiger partial charge in [-0.3, -0.25) is 14.4 Å². The summed E-state index contributed by atoms with van der Waals surface area (Å²) in [5.74, 6) is -6.38. The van der Waals surface area contributed by atoms with Gasteiger partial charge in [0, 0.05) is 42.0 Å². The number of rotatable bonds is 7. The molecule has 2 aromatic rings. The second kappa shape index (κ2) is 13.7. The van der Waals surface area contributed by atoms with Crippen molar-refractivity contribution in [3.63, 3.8) is 0 Å². The van der Waals surface area contributed by atoms with Crippen LogP contribution in [0.25, 0.3) is 0 Å². The standard InChI is InChI=1S/C36H45NO14/c1-7-36(46)13-20(50-21-11-17(37(4)5)34(15(3)49-21)51-22-12-19(39)29(40)14(2)48-22)24-25(28(36)35(45)47-6)33(44)26-27(32(24)43)31(42)23-16(30(26)41)9-8-10-18(23)38/h8-10,14-15,17,19-22,28-29,34,38-40,43-44,46H,7,11-13H2,1-6H3/t14-,15-,17-,19-,20-,21+,22+,28-,29+,34-,36+/m1/s1. The maximum absolute atomic E-state index is 13.9. The molecule has 15 heteroatoms. The minimum Gasteiger partial charge on any atom is -0.507 e. The first-order chi connectivity index (χ1) is 24.0. The molecule has 6 rings (SSSR count). The quantitative estimate of drug-likeness (QED) is 0.152. The van der Waals surface area contributed by atoms with Gasteiger partial charge in [-0.25, -0.2) is 0 Å². The summed E-state index contributed by atoms with van der Waals surface area (Å²) in [6.07, 6.45) is -7.23. The molecule has 51 heavy (non-hydrogen) atoms. The lowest BCUT2D eigenvalue weighted by Crippen LogP contribution is -2.57. The number of phenols is 3. The molecule has 0 saturated carbocycles. The number of ether oxygens (including phenoxy) is 5. The number of fused-ring (bicyclic) bond motifs is 3. The highest BCUT2D eigenvalue weighted by Crippen LogP contribution is 2.57. The average molecular weight is 716 g/mol. The number of ketones is 2. The van der Waals surface area contributed by atoms with Crippen LogP contribution < -0.4 is 0 Å². The second-order valence-corrected chi connectivity index (χ2v) is 14.1. The summed E-state index contributed by atoms with van der Waals surface area (Å²) in [5.41, 5.74) is -4.13. The molecule has 2 aromatic carbocycles. The van der Waals surface area contributed by atoms with Crippen molar-refractivity contribution in [3.05, 3.63) is 51.6 Å². The van der Waals surface area contributed by atoms with Crippen LogP contribution in [-0.2, 0) is 28.5 Å². The van der Waals surface area contributed by atoms with Crippen LogP contribution in [0.1, 0.15) is 101 Å². The van der Waals surface area contributed by atoms with Gasteiger partial charge in [-0.15, -0.1) is 0 Å². The lowest BCUT2D eigenvalue weighted by atomic mass is 9.66. The predicted octanol–water partition coefficient (Wildman–Crippen LogP) is 1.74. The van der Waals surface area contributed by atoms with Crippen molar-refractivity contribution in [2.24, 2.45) is 0 Å². The molecule has 0 aromatic heterocycles. The average Bonchev–Trinajstić information content (AvgIpc) is 3.07. The Morgan fingerprint density at radius 2 is 1.55 bits per heavy atom. The van der Waals surface area contributed by atoms with Gasteiger partial charge in [0.1, 0.15) is 35.4 Å². The number of aromatic hydroxyl groups is 3. The first kappa shape index (κ1) is 37.1. The van der Waals surface area contributed by atoms with Crippen LogP contribution in [0.5, 0.6) is 17.2 Å². The molecule has 0 spiro atoms. The molecule has 2 fully saturated rings. The van der Waals surface area contributed by atoms with Gasteiger partial charge in [-0.05, 0) is 40.4 Å². The fourth-order valence-corrected chi connectivity index (χ4v) is 8.06. The second-order valence-electron chi connectivity index (χ2n) is 14.1. The maximum atomic E-state index is 13.9. The molecule has 11 atom stereocenters. The van der Waals surface area contributed by atoms with Crippen LogP contribution in [0.2, 0.25) is 0 Å². The van der Waals surface area contributed by atoms with Crippen LogP contribution in [0.4, 0.5) is 0 Å². The molecule has 278 valence electrons. The third-order valence-corrected chi connectivity index (χ3v) is 10.8. The zero-order chi connectivity index (χ0) is 37.3. The number of likely N-dealkylation sites (N-methyl/N-ethyl adjacent to an activating group) is 1. The Morgan fingerprint density at radius 3 is 2.18 bits per heavy atom. The number of carbonyl (C=O) groups is 3. The van der Waals surface area contributed by atoms with Crippen LogP contribution >= 0.6 is 0 Å². The van der Waals surface area contributed by atoms with Crippen molar-refractivity contribution < 1.29 is 68.7 Å². The molecule has 4 aliphatic rings. The van der Waals surface area contributed by atoms with Gasteiger partial charge in [0.25, 0.3) is 0 Å². The maximum Gasteiger partial charge on any atom is 0.316 e. The molecule has 0 amide bonds. The zero-order valence-electron chi connectivity index (χ0n) is 29.2. The monoisotopic (exact) mass is 715 g/mol. The molecule has 0 radical (unpaired) electrons.